The van der Waals surface area contributed by atoms with Crippen LogP contribution in [0.2, 0.25) is 0 Å². The predicted molar refractivity (Wildman–Crippen MR) is 66.6 cm³/mol. The normalized spacial score (nSPS) is 10.8. The van der Waals surface area contributed by atoms with E-state index in [-0.39, 0.29) is 0 Å². The predicted octanol–water partition coefficient (Wildman–Crippen LogP) is 2.86. The molecule has 0 spiro atoms. The van der Waals surface area contributed by atoms with E-state index in [4.69, 9.17) is 12.2 Å². The fourth-order valence-electron chi connectivity index (χ4n) is 1.70. The lowest BCUT2D eigenvalue weighted by Crippen LogP contribution is -2.13. The molecule has 0 fully saturated rings. The highest BCUT2D eigenvalue weighted by Gasteiger charge is 1.98. The summed E-state index contributed by atoms with van der Waals surface area (Å²) in [7, 11) is 1.92. The smallest absolute Gasteiger partial charge is 0.114 e. The minimum atomic E-state index is 0.753. The van der Waals surface area contributed by atoms with E-state index < -0.39 is 0 Å². The van der Waals surface area contributed by atoms with Gasteiger partial charge in [-0.2, -0.15) is 0 Å². The van der Waals surface area contributed by atoms with Crippen LogP contribution >= 0.6 is 12.2 Å². The molecule has 15 heavy (non-hydrogen) atoms. The van der Waals surface area contributed by atoms with Crippen LogP contribution in [0.3, 0.4) is 0 Å². The highest BCUT2D eigenvalue weighted by molar-refractivity contribution is 7.71. The molecule has 0 atom stereocenters. The Kier molecular flexibility index (Phi) is 2.84. The van der Waals surface area contributed by atoms with Crippen molar-refractivity contribution >= 4 is 23.0 Å². The summed E-state index contributed by atoms with van der Waals surface area (Å²) >= 11 is 5.43. The molecule has 1 heterocycles. The third kappa shape index (κ3) is 1.94. The summed E-state index contributed by atoms with van der Waals surface area (Å²) in [6.07, 6.45) is 2.03. The number of fused-ring (bicyclic) bond motifs is 1. The van der Waals surface area contributed by atoms with Crippen molar-refractivity contribution in [1.82, 2.24) is 9.88 Å². The van der Waals surface area contributed by atoms with Gasteiger partial charge in [0.25, 0.3) is 0 Å². The largest absolute Gasteiger partial charge is 0.325 e. The Morgan fingerprint density at radius 2 is 2.13 bits per heavy atom. The molecule has 0 bridgehead atoms. The van der Waals surface area contributed by atoms with Crippen LogP contribution in [0.15, 0.2) is 30.5 Å². The molecule has 2 nitrogen and oxygen atoms in total. The number of rotatable bonds is 2. The van der Waals surface area contributed by atoms with Crippen molar-refractivity contribution in [2.45, 2.75) is 13.6 Å². The van der Waals surface area contributed by atoms with E-state index in [9.17, 15) is 0 Å². The molecule has 0 aliphatic heterocycles. The van der Waals surface area contributed by atoms with Gasteiger partial charge in [0, 0.05) is 11.6 Å². The highest BCUT2D eigenvalue weighted by atomic mass is 32.1. The summed E-state index contributed by atoms with van der Waals surface area (Å²) in [6.45, 7) is 2.85. The third-order valence-corrected chi connectivity index (χ3v) is 2.92. The first-order valence-corrected chi connectivity index (χ1v) is 5.37. The Morgan fingerprint density at radius 1 is 1.33 bits per heavy atom. The zero-order chi connectivity index (χ0) is 10.8. The highest BCUT2D eigenvalue weighted by Crippen LogP contribution is 2.16. The zero-order valence-electron chi connectivity index (χ0n) is 8.95. The number of nitrogens with zero attached hydrogens (tertiary/aromatic N) is 1. The van der Waals surface area contributed by atoms with Gasteiger partial charge in [0.2, 0.25) is 0 Å². The lowest BCUT2D eigenvalue weighted by molar-refractivity contribution is 0.611. The first-order valence-electron chi connectivity index (χ1n) is 4.97. The molecule has 0 aliphatic rings. The summed E-state index contributed by atoms with van der Waals surface area (Å²) < 4.78 is 2.93. The van der Waals surface area contributed by atoms with Crippen molar-refractivity contribution in [3.8, 4) is 0 Å². The SMILES string of the molecule is CNCn1ccc2cc(C)ccc2c1=S. The number of aryl methyl sites for hydroxylation is 1. The van der Waals surface area contributed by atoms with Crippen LogP contribution in [0.1, 0.15) is 5.56 Å². The number of hydrogen-bond donors (Lipinski definition) is 1. The number of nitrogens with one attached hydrogen (secondary N) is 1. The molecule has 0 saturated carbocycles. The first-order chi connectivity index (χ1) is 7.22. The second-order valence-electron chi connectivity index (χ2n) is 3.69. The topological polar surface area (TPSA) is 17.0 Å². The van der Waals surface area contributed by atoms with Gasteiger partial charge in [0.1, 0.15) is 4.64 Å². The van der Waals surface area contributed by atoms with Crippen LogP contribution in [0, 0.1) is 11.6 Å². The second kappa shape index (κ2) is 4.13. The molecular weight excluding hydrogens is 204 g/mol. The standard InChI is InChI=1S/C12H14N2S/c1-9-3-4-11-10(7-9)5-6-14(8-13-2)12(11)15/h3-7,13H,8H2,1-2H3. The summed E-state index contributed by atoms with van der Waals surface area (Å²) in [5.74, 6) is 0. The summed E-state index contributed by atoms with van der Waals surface area (Å²) in [5, 5.41) is 5.46. The summed E-state index contributed by atoms with van der Waals surface area (Å²) in [4.78, 5) is 0. The van der Waals surface area contributed by atoms with Crippen LogP contribution in [-0.4, -0.2) is 11.6 Å². The van der Waals surface area contributed by atoms with Gasteiger partial charge in [-0.15, -0.1) is 0 Å². The maximum atomic E-state index is 5.43. The van der Waals surface area contributed by atoms with E-state index in [1.807, 2.05) is 17.8 Å². The molecule has 0 radical (unpaired) electrons. The Bertz CT molecular complexity index is 543. The molecular formula is C12H14N2S. The lowest BCUT2D eigenvalue weighted by atomic mass is 10.1. The van der Waals surface area contributed by atoms with Gasteiger partial charge in [-0.05, 0) is 25.4 Å². The van der Waals surface area contributed by atoms with Gasteiger partial charge < -0.3 is 9.88 Å². The van der Waals surface area contributed by atoms with Crippen LogP contribution in [0.4, 0.5) is 0 Å². The minimum Gasteiger partial charge on any atom is -0.325 e. The molecule has 0 unspecified atom stereocenters. The van der Waals surface area contributed by atoms with Crippen molar-refractivity contribution < 1.29 is 0 Å². The minimum absolute atomic E-state index is 0.753. The number of benzene rings is 1. The van der Waals surface area contributed by atoms with Gasteiger partial charge >= 0.3 is 0 Å². The molecule has 1 aromatic carbocycles. The van der Waals surface area contributed by atoms with Gasteiger partial charge in [0.05, 0.1) is 6.67 Å². The van der Waals surface area contributed by atoms with Crippen molar-refractivity contribution in [1.29, 1.82) is 0 Å². The molecule has 3 heteroatoms. The van der Waals surface area contributed by atoms with Crippen molar-refractivity contribution in [2.75, 3.05) is 7.05 Å². The quantitative estimate of drug-likeness (QED) is 0.781. The number of aromatic nitrogens is 1. The Morgan fingerprint density at radius 3 is 2.87 bits per heavy atom. The first kappa shape index (κ1) is 10.3. The van der Waals surface area contributed by atoms with Crippen LogP contribution in [0.25, 0.3) is 10.8 Å². The zero-order valence-corrected chi connectivity index (χ0v) is 9.77. The van der Waals surface area contributed by atoms with Crippen molar-refractivity contribution in [2.24, 2.45) is 0 Å². The van der Waals surface area contributed by atoms with Gasteiger partial charge in [-0.25, -0.2) is 0 Å². The van der Waals surface area contributed by atoms with E-state index >= 15 is 0 Å². The molecule has 78 valence electrons. The summed E-state index contributed by atoms with van der Waals surface area (Å²) in [6, 6.07) is 8.46. The average molecular weight is 218 g/mol. The fraction of sp³-hybridized carbons (Fsp3) is 0.250. The fourth-order valence-corrected chi connectivity index (χ4v) is 2.01. The van der Waals surface area contributed by atoms with E-state index in [1.165, 1.54) is 10.9 Å². The third-order valence-electron chi connectivity index (χ3n) is 2.46. The van der Waals surface area contributed by atoms with Gasteiger partial charge in [-0.3, -0.25) is 0 Å². The maximum Gasteiger partial charge on any atom is 0.114 e. The number of pyridine rings is 1. The Hall–Kier alpha value is -1.19. The van der Waals surface area contributed by atoms with Crippen molar-refractivity contribution in [3.05, 3.63) is 40.7 Å². The molecule has 2 aromatic rings. The van der Waals surface area contributed by atoms with Crippen molar-refractivity contribution in [3.63, 3.8) is 0 Å². The average Bonchev–Trinajstić information content (AvgIpc) is 2.22. The van der Waals surface area contributed by atoms with Crippen LogP contribution in [-0.2, 0) is 6.67 Å². The van der Waals surface area contributed by atoms with E-state index in [1.54, 1.807) is 0 Å². The molecule has 2 rings (SSSR count). The monoisotopic (exact) mass is 218 g/mol. The molecule has 0 saturated heterocycles. The Balaban J connectivity index is 2.69. The molecule has 0 aliphatic carbocycles. The molecule has 1 N–H and O–H groups in total. The van der Waals surface area contributed by atoms with E-state index in [2.05, 4.69) is 36.5 Å². The second-order valence-corrected chi connectivity index (χ2v) is 4.08. The summed E-state index contributed by atoms with van der Waals surface area (Å²) in [5.41, 5.74) is 1.27. The van der Waals surface area contributed by atoms with Crippen LogP contribution < -0.4 is 5.32 Å². The molecule has 0 amide bonds. The maximum absolute atomic E-state index is 5.43. The Labute approximate surface area is 94.5 Å². The molecule has 1 aromatic heterocycles. The van der Waals surface area contributed by atoms with Gasteiger partial charge in [0.15, 0.2) is 0 Å². The van der Waals surface area contributed by atoms with E-state index in [0.717, 1.165) is 16.7 Å². The lowest BCUT2D eigenvalue weighted by Gasteiger charge is -2.08. The van der Waals surface area contributed by atoms with Crippen LogP contribution in [0.5, 0.6) is 0 Å². The number of hydrogen-bond acceptors (Lipinski definition) is 2. The van der Waals surface area contributed by atoms with Gasteiger partial charge in [-0.1, -0.05) is 36.0 Å². The van der Waals surface area contributed by atoms with E-state index in [0.29, 0.717) is 0 Å².